The molecule has 0 radical (unpaired) electrons. The minimum atomic E-state index is -3.56. The smallest absolute Gasteiger partial charge is 0.335 e. The molecular weight excluding hydrogens is 270 g/mol. The minimum Gasteiger partial charge on any atom is -0.478 e. The second-order valence-corrected chi connectivity index (χ2v) is 6.01. The number of hydrogen-bond donors (Lipinski definition) is 1. The lowest BCUT2D eigenvalue weighted by molar-refractivity contribution is 0.0696. The van der Waals surface area contributed by atoms with Crippen LogP contribution in [0.5, 0.6) is 0 Å². The highest BCUT2D eigenvalue weighted by Crippen LogP contribution is 2.17. The van der Waals surface area contributed by atoms with Gasteiger partial charge in [-0.1, -0.05) is 5.16 Å². The van der Waals surface area contributed by atoms with Gasteiger partial charge >= 0.3 is 5.97 Å². The summed E-state index contributed by atoms with van der Waals surface area (Å²) in [5.41, 5.74) is 0.357. The summed E-state index contributed by atoms with van der Waals surface area (Å²) in [5.74, 6) is -0.848. The molecule has 0 saturated carbocycles. The first-order valence-electron chi connectivity index (χ1n) is 5.37. The molecule has 1 aromatic carbocycles. The third-order valence-corrected chi connectivity index (χ3v) is 4.14. The van der Waals surface area contributed by atoms with Gasteiger partial charge in [0.05, 0.1) is 16.2 Å². The summed E-state index contributed by atoms with van der Waals surface area (Å²) in [6.07, 6.45) is 0. The van der Waals surface area contributed by atoms with Gasteiger partial charge in [0.2, 0.25) is 0 Å². The molecule has 2 aromatic rings. The van der Waals surface area contributed by atoms with E-state index in [1.54, 1.807) is 13.0 Å². The largest absolute Gasteiger partial charge is 0.478 e. The average molecular weight is 281 g/mol. The molecule has 6 nitrogen and oxygen atoms in total. The van der Waals surface area contributed by atoms with Gasteiger partial charge in [0.15, 0.2) is 9.84 Å². The molecule has 1 aromatic heterocycles. The van der Waals surface area contributed by atoms with E-state index in [2.05, 4.69) is 5.16 Å². The molecule has 0 aliphatic heterocycles. The van der Waals surface area contributed by atoms with Crippen LogP contribution in [0.25, 0.3) is 0 Å². The van der Waals surface area contributed by atoms with Crippen LogP contribution in [0.4, 0.5) is 0 Å². The van der Waals surface area contributed by atoms with Crippen LogP contribution in [0.3, 0.4) is 0 Å². The van der Waals surface area contributed by atoms with E-state index in [9.17, 15) is 13.2 Å². The molecule has 0 bridgehead atoms. The SMILES string of the molecule is Cc1cc(CS(=O)(=O)c2ccc(C(=O)O)cc2)no1. The van der Waals surface area contributed by atoms with Crippen molar-refractivity contribution in [2.45, 2.75) is 17.6 Å². The number of aromatic carboxylic acids is 1. The number of carboxylic acid groups (broad SMARTS) is 1. The zero-order valence-corrected chi connectivity index (χ0v) is 10.8. The van der Waals surface area contributed by atoms with Gasteiger partial charge in [0, 0.05) is 6.07 Å². The first-order chi connectivity index (χ1) is 8.88. The second kappa shape index (κ2) is 4.85. The van der Waals surface area contributed by atoms with Crippen molar-refractivity contribution in [3.8, 4) is 0 Å². The summed E-state index contributed by atoms with van der Waals surface area (Å²) in [6, 6.07) is 6.59. The van der Waals surface area contributed by atoms with E-state index in [0.717, 1.165) is 0 Å². The van der Waals surface area contributed by atoms with Gasteiger partial charge < -0.3 is 9.63 Å². The zero-order chi connectivity index (χ0) is 14.0. The van der Waals surface area contributed by atoms with Crippen molar-refractivity contribution in [3.05, 3.63) is 47.3 Å². The first kappa shape index (κ1) is 13.3. The van der Waals surface area contributed by atoms with Crippen LogP contribution < -0.4 is 0 Å². The monoisotopic (exact) mass is 281 g/mol. The van der Waals surface area contributed by atoms with E-state index >= 15 is 0 Å². The normalized spacial score (nSPS) is 11.4. The molecule has 7 heteroatoms. The average Bonchev–Trinajstić information content (AvgIpc) is 2.74. The summed E-state index contributed by atoms with van der Waals surface area (Å²) in [5, 5.41) is 12.4. The van der Waals surface area contributed by atoms with Gasteiger partial charge in [0.25, 0.3) is 0 Å². The Kier molecular flexibility index (Phi) is 3.39. The highest BCUT2D eigenvalue weighted by molar-refractivity contribution is 7.90. The van der Waals surface area contributed by atoms with Crippen molar-refractivity contribution in [1.29, 1.82) is 0 Å². The van der Waals surface area contributed by atoms with E-state index in [0.29, 0.717) is 11.5 Å². The Hall–Kier alpha value is -2.15. The molecule has 0 aliphatic carbocycles. The maximum Gasteiger partial charge on any atom is 0.335 e. The number of carbonyl (C=O) groups is 1. The highest BCUT2D eigenvalue weighted by atomic mass is 32.2. The maximum atomic E-state index is 12.1. The molecule has 0 amide bonds. The fourth-order valence-electron chi connectivity index (χ4n) is 1.57. The lowest BCUT2D eigenvalue weighted by Crippen LogP contribution is -2.06. The van der Waals surface area contributed by atoms with Gasteiger partial charge in [0.1, 0.15) is 11.5 Å². The number of carboxylic acids is 1. The minimum absolute atomic E-state index is 0.0382. The molecule has 0 unspecified atom stereocenters. The molecular formula is C12H11NO5S. The van der Waals surface area contributed by atoms with Crippen LogP contribution in [-0.2, 0) is 15.6 Å². The Balaban J connectivity index is 2.26. The molecule has 19 heavy (non-hydrogen) atoms. The van der Waals surface area contributed by atoms with Crippen LogP contribution in [0.1, 0.15) is 21.8 Å². The zero-order valence-electron chi connectivity index (χ0n) is 10.0. The van der Waals surface area contributed by atoms with Crippen molar-refractivity contribution >= 4 is 15.8 Å². The van der Waals surface area contributed by atoms with Gasteiger partial charge in [-0.25, -0.2) is 13.2 Å². The highest BCUT2D eigenvalue weighted by Gasteiger charge is 2.18. The van der Waals surface area contributed by atoms with E-state index in [4.69, 9.17) is 9.63 Å². The molecule has 2 rings (SSSR count). The predicted octanol–water partition coefficient (Wildman–Crippen LogP) is 1.66. The molecule has 0 fully saturated rings. The quantitative estimate of drug-likeness (QED) is 0.915. The van der Waals surface area contributed by atoms with Crippen molar-refractivity contribution < 1.29 is 22.8 Å². The summed E-state index contributed by atoms with van der Waals surface area (Å²) in [7, 11) is -3.56. The lowest BCUT2D eigenvalue weighted by atomic mass is 10.2. The summed E-state index contributed by atoms with van der Waals surface area (Å²) in [6.45, 7) is 1.67. The molecule has 0 atom stereocenters. The number of aromatic nitrogens is 1. The Morgan fingerprint density at radius 1 is 1.32 bits per heavy atom. The number of hydrogen-bond acceptors (Lipinski definition) is 5. The second-order valence-electron chi connectivity index (χ2n) is 4.02. The van der Waals surface area contributed by atoms with Crippen LogP contribution in [0, 0.1) is 6.92 Å². The fraction of sp³-hybridized carbons (Fsp3) is 0.167. The van der Waals surface area contributed by atoms with Crippen LogP contribution in [-0.4, -0.2) is 24.7 Å². The van der Waals surface area contributed by atoms with E-state index in [-0.39, 0.29) is 16.2 Å². The number of sulfone groups is 1. The third kappa shape index (κ3) is 3.00. The van der Waals surface area contributed by atoms with Gasteiger partial charge in [-0.3, -0.25) is 0 Å². The van der Waals surface area contributed by atoms with Gasteiger partial charge in [-0.05, 0) is 31.2 Å². The maximum absolute atomic E-state index is 12.1. The van der Waals surface area contributed by atoms with Crippen LogP contribution >= 0.6 is 0 Å². The van der Waals surface area contributed by atoms with Crippen LogP contribution in [0.2, 0.25) is 0 Å². The lowest BCUT2D eigenvalue weighted by Gasteiger charge is -2.02. The summed E-state index contributed by atoms with van der Waals surface area (Å²) in [4.78, 5) is 10.7. The Labute approximate surface area is 109 Å². The van der Waals surface area contributed by atoms with Gasteiger partial charge in [-0.2, -0.15) is 0 Å². The van der Waals surface area contributed by atoms with E-state index in [1.165, 1.54) is 24.3 Å². The Morgan fingerprint density at radius 2 is 1.95 bits per heavy atom. The summed E-state index contributed by atoms with van der Waals surface area (Å²) >= 11 is 0. The molecule has 1 N–H and O–H groups in total. The number of benzene rings is 1. The number of nitrogens with zero attached hydrogens (tertiary/aromatic N) is 1. The predicted molar refractivity (Wildman–Crippen MR) is 65.5 cm³/mol. The van der Waals surface area contributed by atoms with Crippen molar-refractivity contribution in [2.75, 3.05) is 0 Å². The number of aryl methyl sites for hydroxylation is 1. The molecule has 0 spiro atoms. The number of rotatable bonds is 4. The van der Waals surface area contributed by atoms with Crippen LogP contribution in [0.15, 0.2) is 39.8 Å². The van der Waals surface area contributed by atoms with Crippen molar-refractivity contribution in [2.24, 2.45) is 0 Å². The molecule has 0 saturated heterocycles. The molecule has 1 heterocycles. The van der Waals surface area contributed by atoms with Crippen molar-refractivity contribution in [3.63, 3.8) is 0 Å². The molecule has 100 valence electrons. The topological polar surface area (TPSA) is 97.5 Å². The Morgan fingerprint density at radius 3 is 2.42 bits per heavy atom. The first-order valence-corrected chi connectivity index (χ1v) is 7.02. The Bertz CT molecular complexity index is 700. The molecule has 0 aliphatic rings. The fourth-order valence-corrected chi connectivity index (χ4v) is 2.81. The van der Waals surface area contributed by atoms with Gasteiger partial charge in [-0.15, -0.1) is 0 Å². The third-order valence-electron chi connectivity index (χ3n) is 2.48. The summed E-state index contributed by atoms with van der Waals surface area (Å²) < 4.78 is 28.9. The standard InChI is InChI=1S/C12H11NO5S/c1-8-6-10(13-18-8)7-19(16,17)11-4-2-9(3-5-11)12(14)15/h2-6H,7H2,1H3,(H,14,15). The van der Waals surface area contributed by atoms with E-state index < -0.39 is 15.8 Å². The van der Waals surface area contributed by atoms with E-state index in [1.807, 2.05) is 0 Å². The van der Waals surface area contributed by atoms with Crippen molar-refractivity contribution in [1.82, 2.24) is 5.16 Å².